The van der Waals surface area contributed by atoms with Gasteiger partial charge >= 0.3 is 6.09 Å². The molecule has 3 unspecified atom stereocenters. The van der Waals surface area contributed by atoms with E-state index in [0.717, 1.165) is 28.2 Å². The predicted octanol–water partition coefficient (Wildman–Crippen LogP) is 2.73. The molecule has 0 aromatic heterocycles. The Morgan fingerprint density at radius 1 is 1.09 bits per heavy atom. The molecule has 0 saturated carbocycles. The molecule has 1 saturated heterocycles. The zero-order valence-electron chi connectivity index (χ0n) is 18.2. The molecule has 8 heteroatoms. The molecule has 0 spiro atoms. The number of hydrogen-bond donors (Lipinski definition) is 3. The first-order chi connectivity index (χ1) is 15.5. The third-order valence-electron chi connectivity index (χ3n) is 5.71. The van der Waals surface area contributed by atoms with Gasteiger partial charge in [0.05, 0.1) is 39.6 Å². The lowest BCUT2D eigenvalue weighted by molar-refractivity contribution is 0.00500. The average molecular weight is 446 g/mol. The number of methoxy groups -OCH3 is 1. The van der Waals surface area contributed by atoms with Crippen LogP contribution in [0.4, 0.5) is 4.79 Å². The van der Waals surface area contributed by atoms with E-state index < -0.39 is 12.2 Å². The molecule has 1 heterocycles. The summed E-state index contributed by atoms with van der Waals surface area (Å²) in [5.41, 5.74) is 1.86. The van der Waals surface area contributed by atoms with Crippen LogP contribution in [0.15, 0.2) is 48.5 Å². The second-order valence-corrected chi connectivity index (χ2v) is 7.86. The van der Waals surface area contributed by atoms with Crippen molar-refractivity contribution in [3.63, 3.8) is 0 Å². The molecule has 3 rings (SSSR count). The van der Waals surface area contributed by atoms with Gasteiger partial charge < -0.3 is 34.4 Å². The summed E-state index contributed by atoms with van der Waals surface area (Å²) >= 11 is 0. The van der Waals surface area contributed by atoms with E-state index in [9.17, 15) is 20.1 Å². The van der Waals surface area contributed by atoms with Gasteiger partial charge in [-0.25, -0.2) is 4.79 Å². The topological polar surface area (TPSA) is 109 Å². The monoisotopic (exact) mass is 445 g/mol. The van der Waals surface area contributed by atoms with Crippen LogP contribution in [0.2, 0.25) is 0 Å². The Labute approximate surface area is 188 Å². The highest BCUT2D eigenvalue weighted by molar-refractivity contribution is 5.65. The lowest BCUT2D eigenvalue weighted by atomic mass is 9.79. The molecule has 32 heavy (non-hydrogen) atoms. The number of carboxylic acid groups (broad SMARTS) is 1. The van der Waals surface area contributed by atoms with Crippen molar-refractivity contribution >= 4 is 6.09 Å². The number of β-amino-alcohol motifs (C(OH)–C–C–N with tert-alkyl or cyclic N) is 1. The van der Waals surface area contributed by atoms with E-state index in [1.54, 1.807) is 7.11 Å². The Morgan fingerprint density at radius 3 is 2.53 bits per heavy atom. The van der Waals surface area contributed by atoms with E-state index >= 15 is 0 Å². The van der Waals surface area contributed by atoms with E-state index in [-0.39, 0.29) is 31.5 Å². The smallest absolute Gasteiger partial charge is 0.407 e. The van der Waals surface area contributed by atoms with Crippen molar-refractivity contribution in [2.75, 3.05) is 40.0 Å². The number of likely N-dealkylation sites (tertiary alicyclic amines) is 1. The van der Waals surface area contributed by atoms with Gasteiger partial charge in [-0.2, -0.15) is 0 Å². The molecular formula is C24H31NO7. The first-order valence-electron chi connectivity index (χ1n) is 10.7. The largest absolute Gasteiger partial charge is 0.496 e. The van der Waals surface area contributed by atoms with E-state index in [0.29, 0.717) is 25.6 Å². The average Bonchev–Trinajstić information content (AvgIpc) is 2.81. The normalized spacial score (nSPS) is 20.7. The second kappa shape index (κ2) is 11.7. The summed E-state index contributed by atoms with van der Waals surface area (Å²) in [6.07, 6.45) is -1.23. The number of nitrogens with zero attached hydrogens (tertiary/aromatic N) is 1. The van der Waals surface area contributed by atoms with Gasteiger partial charge in [0, 0.05) is 37.0 Å². The Hall–Kier alpha value is -2.81. The predicted molar refractivity (Wildman–Crippen MR) is 118 cm³/mol. The summed E-state index contributed by atoms with van der Waals surface area (Å²) in [5.74, 6) is 0.831. The highest BCUT2D eigenvalue weighted by Gasteiger charge is 2.38. The quantitative estimate of drug-likeness (QED) is 0.483. The molecule has 3 N–H and O–H groups in total. The van der Waals surface area contributed by atoms with Crippen molar-refractivity contribution in [2.45, 2.75) is 25.0 Å². The fraction of sp³-hybridized carbons (Fsp3) is 0.458. The van der Waals surface area contributed by atoms with E-state index in [1.807, 2.05) is 48.5 Å². The van der Waals surface area contributed by atoms with Crippen LogP contribution < -0.4 is 9.47 Å². The first-order valence-corrected chi connectivity index (χ1v) is 10.7. The van der Waals surface area contributed by atoms with E-state index in [1.165, 1.54) is 0 Å². The number of para-hydroxylation sites is 1. The zero-order valence-corrected chi connectivity index (χ0v) is 18.2. The molecule has 1 aliphatic heterocycles. The number of amides is 1. The van der Waals surface area contributed by atoms with Gasteiger partial charge in [0.15, 0.2) is 0 Å². The van der Waals surface area contributed by atoms with Crippen LogP contribution in [-0.4, -0.2) is 72.4 Å². The number of hydrogen-bond acceptors (Lipinski definition) is 6. The fourth-order valence-electron chi connectivity index (χ4n) is 4.09. The molecule has 0 radical (unpaired) electrons. The van der Waals surface area contributed by atoms with Crippen molar-refractivity contribution in [2.24, 2.45) is 5.92 Å². The molecule has 2 aromatic carbocycles. The molecule has 2 aromatic rings. The van der Waals surface area contributed by atoms with Crippen molar-refractivity contribution < 1.29 is 34.3 Å². The lowest BCUT2D eigenvalue weighted by Crippen LogP contribution is -2.51. The van der Waals surface area contributed by atoms with Gasteiger partial charge in [-0.1, -0.05) is 30.3 Å². The fourth-order valence-corrected chi connectivity index (χ4v) is 4.09. The molecule has 0 bridgehead atoms. The third-order valence-corrected chi connectivity index (χ3v) is 5.71. The molecule has 1 aliphatic rings. The number of rotatable bonds is 10. The number of ether oxygens (including phenoxy) is 3. The van der Waals surface area contributed by atoms with Gasteiger partial charge in [0.2, 0.25) is 0 Å². The number of aliphatic hydroxyl groups excluding tert-OH is 2. The lowest BCUT2D eigenvalue weighted by Gasteiger charge is -2.40. The highest BCUT2D eigenvalue weighted by atomic mass is 16.5. The molecule has 1 fully saturated rings. The van der Waals surface area contributed by atoms with Gasteiger partial charge in [-0.3, -0.25) is 0 Å². The van der Waals surface area contributed by atoms with Crippen LogP contribution in [-0.2, 0) is 11.3 Å². The summed E-state index contributed by atoms with van der Waals surface area (Å²) in [4.78, 5) is 12.4. The van der Waals surface area contributed by atoms with Crippen LogP contribution >= 0.6 is 0 Å². The van der Waals surface area contributed by atoms with E-state index in [2.05, 4.69) is 0 Å². The minimum Gasteiger partial charge on any atom is -0.496 e. The van der Waals surface area contributed by atoms with Gasteiger partial charge in [0.1, 0.15) is 11.5 Å². The maximum Gasteiger partial charge on any atom is 0.407 e. The number of carbonyl (C=O) groups is 1. The maximum absolute atomic E-state index is 11.2. The Morgan fingerprint density at radius 2 is 1.84 bits per heavy atom. The third kappa shape index (κ3) is 6.12. The number of aliphatic hydroxyl groups is 2. The molecule has 0 aliphatic carbocycles. The molecule has 174 valence electrons. The summed E-state index contributed by atoms with van der Waals surface area (Å²) < 4.78 is 16.8. The van der Waals surface area contributed by atoms with Crippen LogP contribution in [0.1, 0.15) is 23.5 Å². The summed E-state index contributed by atoms with van der Waals surface area (Å²) in [7, 11) is 1.64. The molecule has 8 nitrogen and oxygen atoms in total. The van der Waals surface area contributed by atoms with Crippen LogP contribution in [0.3, 0.4) is 0 Å². The SMILES string of the molecule is COc1ccccc1COCCCOc1ccc(C2C(O)CN(C(=O)O)CC2CO)cc1. The van der Waals surface area contributed by atoms with Crippen LogP contribution in [0.25, 0.3) is 0 Å². The highest BCUT2D eigenvalue weighted by Crippen LogP contribution is 2.34. The summed E-state index contributed by atoms with van der Waals surface area (Å²) in [5, 5.41) is 29.4. The maximum atomic E-state index is 11.2. The minimum atomic E-state index is -1.09. The Kier molecular flexibility index (Phi) is 8.72. The standard InChI is InChI=1S/C24H31NO7/c1-30-22-6-3-2-5-18(22)16-31-11-4-12-32-20-9-7-17(8-10-20)23-19(15-26)13-25(24(28)29)14-21(23)27/h2-3,5-10,19,21,23,26-27H,4,11-16H2,1H3,(H,28,29). The minimum absolute atomic E-state index is 0.0314. The Bertz CT molecular complexity index is 858. The van der Waals surface area contributed by atoms with Crippen molar-refractivity contribution in [3.8, 4) is 11.5 Å². The number of benzene rings is 2. The molecular weight excluding hydrogens is 414 g/mol. The van der Waals surface area contributed by atoms with Gasteiger partial charge in [-0.05, 0) is 23.8 Å². The van der Waals surface area contributed by atoms with Crippen LogP contribution in [0.5, 0.6) is 11.5 Å². The second-order valence-electron chi connectivity index (χ2n) is 7.86. The molecule has 1 amide bonds. The van der Waals surface area contributed by atoms with Crippen molar-refractivity contribution in [3.05, 3.63) is 59.7 Å². The van der Waals surface area contributed by atoms with Crippen molar-refractivity contribution in [1.82, 2.24) is 4.90 Å². The van der Waals surface area contributed by atoms with Gasteiger partial charge in [-0.15, -0.1) is 0 Å². The van der Waals surface area contributed by atoms with Gasteiger partial charge in [0.25, 0.3) is 0 Å². The zero-order chi connectivity index (χ0) is 22.9. The van der Waals surface area contributed by atoms with Crippen LogP contribution in [0, 0.1) is 5.92 Å². The number of piperidine rings is 1. The van der Waals surface area contributed by atoms with Crippen molar-refractivity contribution in [1.29, 1.82) is 0 Å². The molecule has 3 atom stereocenters. The Balaban J connectivity index is 1.44. The van der Waals surface area contributed by atoms with E-state index in [4.69, 9.17) is 14.2 Å². The summed E-state index contributed by atoms with van der Waals surface area (Å²) in [6.45, 7) is 1.57. The first kappa shape index (κ1) is 23.8. The summed E-state index contributed by atoms with van der Waals surface area (Å²) in [6, 6.07) is 15.1.